The molecule has 2 aromatic heterocycles. The SMILES string of the molecule is O=C(Nc1nc(-c2ccco2)cs1)C1COc2ccccc2C1. The summed E-state index contributed by atoms with van der Waals surface area (Å²) >= 11 is 1.38. The van der Waals surface area contributed by atoms with Gasteiger partial charge in [0.1, 0.15) is 18.1 Å². The molecule has 0 spiro atoms. The molecular formula is C17H14N2O3S. The highest BCUT2D eigenvalue weighted by Crippen LogP contribution is 2.29. The van der Waals surface area contributed by atoms with Gasteiger partial charge in [-0.25, -0.2) is 4.98 Å². The highest BCUT2D eigenvalue weighted by molar-refractivity contribution is 7.14. The van der Waals surface area contributed by atoms with Gasteiger partial charge in [0.05, 0.1) is 12.2 Å². The van der Waals surface area contributed by atoms with Crippen LogP contribution in [0.3, 0.4) is 0 Å². The van der Waals surface area contributed by atoms with E-state index in [1.807, 2.05) is 41.8 Å². The second-order valence-corrected chi connectivity index (χ2v) is 6.18. The van der Waals surface area contributed by atoms with Crippen LogP contribution in [0.5, 0.6) is 5.75 Å². The van der Waals surface area contributed by atoms with Gasteiger partial charge < -0.3 is 14.5 Å². The number of carbonyl (C=O) groups is 1. The first-order valence-electron chi connectivity index (χ1n) is 7.30. The van der Waals surface area contributed by atoms with Crippen LogP contribution < -0.4 is 10.1 Å². The maximum absolute atomic E-state index is 12.4. The molecule has 1 N–H and O–H groups in total. The molecule has 6 heteroatoms. The lowest BCUT2D eigenvalue weighted by molar-refractivity contribution is -0.121. The predicted octanol–water partition coefficient (Wildman–Crippen LogP) is 3.59. The van der Waals surface area contributed by atoms with Gasteiger partial charge in [0.15, 0.2) is 10.9 Å². The van der Waals surface area contributed by atoms with E-state index in [0.29, 0.717) is 23.9 Å². The van der Waals surface area contributed by atoms with E-state index in [9.17, 15) is 4.79 Å². The van der Waals surface area contributed by atoms with Gasteiger partial charge in [-0.15, -0.1) is 11.3 Å². The van der Waals surface area contributed by atoms with E-state index in [0.717, 1.165) is 17.0 Å². The smallest absolute Gasteiger partial charge is 0.233 e. The highest BCUT2D eigenvalue weighted by Gasteiger charge is 2.26. The summed E-state index contributed by atoms with van der Waals surface area (Å²) in [7, 11) is 0. The first kappa shape index (κ1) is 14.0. The van der Waals surface area contributed by atoms with Crippen molar-refractivity contribution in [1.29, 1.82) is 0 Å². The Hall–Kier alpha value is -2.60. The number of thiazole rings is 1. The normalized spacial score (nSPS) is 16.4. The molecule has 0 radical (unpaired) electrons. The molecular weight excluding hydrogens is 312 g/mol. The second-order valence-electron chi connectivity index (χ2n) is 5.32. The van der Waals surface area contributed by atoms with Gasteiger partial charge in [0.25, 0.3) is 0 Å². The maximum atomic E-state index is 12.4. The average molecular weight is 326 g/mol. The van der Waals surface area contributed by atoms with E-state index in [1.54, 1.807) is 6.26 Å². The van der Waals surface area contributed by atoms with Crippen molar-refractivity contribution in [2.75, 3.05) is 11.9 Å². The van der Waals surface area contributed by atoms with Crippen molar-refractivity contribution >= 4 is 22.4 Å². The molecule has 0 saturated heterocycles. The van der Waals surface area contributed by atoms with Crippen LogP contribution in [0.1, 0.15) is 5.56 Å². The number of carbonyl (C=O) groups excluding carboxylic acids is 1. The lowest BCUT2D eigenvalue weighted by Crippen LogP contribution is -2.32. The van der Waals surface area contributed by atoms with Gasteiger partial charge in [-0.3, -0.25) is 4.79 Å². The van der Waals surface area contributed by atoms with Crippen LogP contribution in [-0.4, -0.2) is 17.5 Å². The van der Waals surface area contributed by atoms with Crippen LogP contribution in [0.25, 0.3) is 11.5 Å². The summed E-state index contributed by atoms with van der Waals surface area (Å²) in [5.41, 5.74) is 1.79. The average Bonchev–Trinajstić information content (AvgIpc) is 3.25. The van der Waals surface area contributed by atoms with Crippen molar-refractivity contribution in [2.45, 2.75) is 6.42 Å². The summed E-state index contributed by atoms with van der Waals surface area (Å²) in [5, 5.41) is 5.30. The van der Waals surface area contributed by atoms with Crippen molar-refractivity contribution in [3.63, 3.8) is 0 Å². The van der Waals surface area contributed by atoms with Crippen molar-refractivity contribution < 1.29 is 13.9 Å². The number of para-hydroxylation sites is 1. The molecule has 1 atom stereocenters. The van der Waals surface area contributed by atoms with E-state index in [2.05, 4.69) is 10.3 Å². The number of hydrogen-bond acceptors (Lipinski definition) is 5. The third-order valence-electron chi connectivity index (χ3n) is 3.76. The second kappa shape index (κ2) is 5.89. The third-order valence-corrected chi connectivity index (χ3v) is 4.52. The Labute approximate surface area is 136 Å². The fourth-order valence-corrected chi connectivity index (χ4v) is 3.28. The zero-order valence-electron chi connectivity index (χ0n) is 12.2. The number of ether oxygens (including phenoxy) is 1. The molecule has 0 bridgehead atoms. The number of amides is 1. The van der Waals surface area contributed by atoms with Crippen LogP contribution >= 0.6 is 11.3 Å². The highest BCUT2D eigenvalue weighted by atomic mass is 32.1. The van der Waals surface area contributed by atoms with Crippen LogP contribution in [0.4, 0.5) is 5.13 Å². The van der Waals surface area contributed by atoms with Crippen LogP contribution in [0.15, 0.2) is 52.5 Å². The van der Waals surface area contributed by atoms with Gasteiger partial charge >= 0.3 is 0 Å². The first-order valence-corrected chi connectivity index (χ1v) is 8.18. The number of aromatic nitrogens is 1. The summed E-state index contributed by atoms with van der Waals surface area (Å²) in [6.07, 6.45) is 2.28. The molecule has 1 amide bonds. The third kappa shape index (κ3) is 2.85. The summed E-state index contributed by atoms with van der Waals surface area (Å²) < 4.78 is 11.0. The molecule has 0 fully saturated rings. The molecule has 1 unspecified atom stereocenters. The van der Waals surface area contributed by atoms with Crippen LogP contribution in [-0.2, 0) is 11.2 Å². The van der Waals surface area contributed by atoms with Crippen molar-refractivity contribution in [1.82, 2.24) is 4.98 Å². The first-order chi connectivity index (χ1) is 11.3. The number of benzene rings is 1. The molecule has 0 saturated carbocycles. The molecule has 0 aliphatic carbocycles. The molecule has 1 aliphatic rings. The van der Waals surface area contributed by atoms with E-state index < -0.39 is 0 Å². The largest absolute Gasteiger partial charge is 0.492 e. The lowest BCUT2D eigenvalue weighted by atomic mass is 9.96. The number of fused-ring (bicyclic) bond motifs is 1. The zero-order valence-corrected chi connectivity index (χ0v) is 13.0. The Morgan fingerprint density at radius 3 is 3.04 bits per heavy atom. The van der Waals surface area contributed by atoms with Gasteiger partial charge in [-0.1, -0.05) is 18.2 Å². The van der Waals surface area contributed by atoms with E-state index in [4.69, 9.17) is 9.15 Å². The summed E-state index contributed by atoms with van der Waals surface area (Å²) in [6, 6.07) is 11.5. The van der Waals surface area contributed by atoms with Crippen LogP contribution in [0, 0.1) is 5.92 Å². The quantitative estimate of drug-likeness (QED) is 0.799. The molecule has 23 heavy (non-hydrogen) atoms. The standard InChI is InChI=1S/C17H14N2O3S/c20-16(12-8-11-4-1-2-5-14(11)22-9-12)19-17-18-13(10-23-17)15-6-3-7-21-15/h1-7,10,12H,8-9H2,(H,18,19,20). The molecule has 1 aromatic carbocycles. The van der Waals surface area contributed by atoms with E-state index in [1.165, 1.54) is 11.3 Å². The molecule has 1 aliphatic heterocycles. The van der Waals surface area contributed by atoms with Crippen molar-refractivity contribution in [2.24, 2.45) is 5.92 Å². The Balaban J connectivity index is 1.45. The topological polar surface area (TPSA) is 64.4 Å². The predicted molar refractivity (Wildman–Crippen MR) is 87.6 cm³/mol. The van der Waals surface area contributed by atoms with Gasteiger partial charge in [0.2, 0.25) is 5.91 Å². The van der Waals surface area contributed by atoms with Gasteiger partial charge in [-0.05, 0) is 30.2 Å². The minimum absolute atomic E-state index is 0.0696. The minimum Gasteiger partial charge on any atom is -0.492 e. The number of hydrogen-bond donors (Lipinski definition) is 1. The lowest BCUT2D eigenvalue weighted by Gasteiger charge is -2.24. The number of nitrogens with zero attached hydrogens (tertiary/aromatic N) is 1. The molecule has 4 rings (SSSR count). The fraction of sp³-hybridized carbons (Fsp3) is 0.176. The maximum Gasteiger partial charge on any atom is 0.233 e. The molecule has 3 aromatic rings. The molecule has 116 valence electrons. The monoisotopic (exact) mass is 326 g/mol. The van der Waals surface area contributed by atoms with Crippen LogP contribution in [0.2, 0.25) is 0 Å². The Morgan fingerprint density at radius 2 is 2.17 bits per heavy atom. The Bertz CT molecular complexity index is 826. The molecule has 3 heterocycles. The number of rotatable bonds is 3. The summed E-state index contributed by atoms with van der Waals surface area (Å²) in [4.78, 5) is 16.8. The van der Waals surface area contributed by atoms with Gasteiger partial charge in [0, 0.05) is 5.38 Å². The Morgan fingerprint density at radius 1 is 1.26 bits per heavy atom. The van der Waals surface area contributed by atoms with E-state index in [-0.39, 0.29) is 11.8 Å². The van der Waals surface area contributed by atoms with Gasteiger partial charge in [-0.2, -0.15) is 0 Å². The fourth-order valence-electron chi connectivity index (χ4n) is 2.57. The zero-order chi connectivity index (χ0) is 15.6. The minimum atomic E-state index is -0.208. The summed E-state index contributed by atoms with van der Waals surface area (Å²) in [6.45, 7) is 0.388. The molecule has 5 nitrogen and oxygen atoms in total. The summed E-state index contributed by atoms with van der Waals surface area (Å²) in [5.74, 6) is 1.28. The van der Waals surface area contributed by atoms with Crippen molar-refractivity contribution in [3.05, 3.63) is 53.6 Å². The van der Waals surface area contributed by atoms with Crippen molar-refractivity contribution in [3.8, 4) is 17.2 Å². The van der Waals surface area contributed by atoms with E-state index >= 15 is 0 Å². The Kier molecular flexibility index (Phi) is 3.59. The number of anilines is 1. The number of furan rings is 1. The number of nitrogens with one attached hydrogen (secondary N) is 1.